The van der Waals surface area contributed by atoms with Crippen molar-refractivity contribution in [2.24, 2.45) is 11.8 Å². The quantitative estimate of drug-likeness (QED) is 0.0157. The molecule has 4 saturated heterocycles. The Morgan fingerprint density at radius 3 is 1.06 bits per heavy atom. The lowest BCUT2D eigenvalue weighted by Crippen LogP contribution is -2.46. The summed E-state index contributed by atoms with van der Waals surface area (Å²) >= 11 is 16.1. The molecule has 4 fully saturated rings. The normalized spacial score (nSPS) is 17.1. The van der Waals surface area contributed by atoms with Crippen LogP contribution in [0, 0.1) is 45.9 Å². The molecular weight excluding hydrogens is 1870 g/mol. The summed E-state index contributed by atoms with van der Waals surface area (Å²) in [5.41, 5.74) is 14.7. The van der Waals surface area contributed by atoms with E-state index in [0.717, 1.165) is 158 Å². The fraction of sp³-hybridized carbons (Fsp3) is 0.346. The van der Waals surface area contributed by atoms with Crippen LogP contribution in [0.5, 0.6) is 0 Å². The van der Waals surface area contributed by atoms with Crippen molar-refractivity contribution in [1.82, 2.24) is 18.9 Å². The summed E-state index contributed by atoms with van der Waals surface area (Å²) in [5.74, 6) is 2.03. The Morgan fingerprint density at radius 1 is 0.412 bits per heavy atom. The molecule has 4 aliphatic rings. The van der Waals surface area contributed by atoms with Gasteiger partial charge in [0.25, 0.3) is 11.4 Å². The minimum atomic E-state index is -3.65. The number of hydrogen-bond acceptors (Lipinski definition) is 20. The van der Waals surface area contributed by atoms with Crippen LogP contribution in [-0.2, 0) is 50.7 Å². The number of anilines is 6. The maximum Gasteiger partial charge on any atom is 0.326 e. The number of hydrogen-bond donors (Lipinski definition) is 0. The second-order valence-corrected chi connectivity index (χ2v) is 48.1. The van der Waals surface area contributed by atoms with Crippen LogP contribution in [0.2, 0.25) is 10.0 Å². The summed E-state index contributed by atoms with van der Waals surface area (Å²) in [6.07, 6.45) is 5.41. The highest BCUT2D eigenvalue weighted by molar-refractivity contribution is 7.99. The maximum atomic E-state index is 14.8. The molecule has 0 radical (unpaired) electrons. The molecule has 4 aliphatic heterocycles. The third-order valence-corrected chi connectivity index (χ3v) is 36.3. The topological polar surface area (TPSA) is 243 Å². The minimum Gasteiger partial charge on any atom is -0.368 e. The summed E-state index contributed by atoms with van der Waals surface area (Å²) in [6.45, 7) is 21.0. The predicted molar refractivity (Wildman–Crippen MR) is 561 cm³/mol. The van der Waals surface area contributed by atoms with Crippen LogP contribution >= 0.6 is 61.8 Å². The minimum absolute atomic E-state index is 0.00622. The molecule has 4 atom stereocenters. The first-order chi connectivity index (χ1) is 65.0. The number of rotatable bonds is 34. The Hall–Kier alpha value is -10.2. The van der Waals surface area contributed by atoms with Gasteiger partial charge in [-0.05, 0) is 276 Å². The number of nitro groups is 2. The Labute approximate surface area is 819 Å². The molecule has 16 rings (SSSR count). The van der Waals surface area contributed by atoms with Gasteiger partial charge in [0, 0.05) is 188 Å². The molecule has 0 aliphatic carbocycles. The third kappa shape index (κ3) is 22.9. The second kappa shape index (κ2) is 43.5. The third-order valence-electron chi connectivity index (χ3n) is 25.8. The van der Waals surface area contributed by atoms with Crippen LogP contribution in [-0.4, -0.2) is 190 Å². The zero-order valence-electron chi connectivity index (χ0n) is 79.1. The number of thioether (sulfide) groups is 2. The van der Waals surface area contributed by atoms with E-state index in [9.17, 15) is 46.2 Å². The fourth-order valence-electron chi connectivity index (χ4n) is 19.2. The largest absolute Gasteiger partial charge is 0.368 e. The van der Waals surface area contributed by atoms with Gasteiger partial charge in [-0.1, -0.05) is 120 Å². The van der Waals surface area contributed by atoms with Crippen LogP contribution < -0.4 is 39.5 Å². The van der Waals surface area contributed by atoms with Crippen molar-refractivity contribution in [2.75, 3.05) is 173 Å². The van der Waals surface area contributed by atoms with E-state index in [4.69, 9.17) is 32.2 Å². The molecule has 716 valence electrons. The standard InChI is InChI=1S/2C52H60ClN6O6PS2/c2*1-37(2)58-38(3)52(68(6,63)64)50(51(58)40-15-18-43(53)19-16-40)42-11-10-12-46(34-42)56-29-27-55(28-30-56)44-20-22-45(23-21-44)57-31-32-65-66(57,62)47-24-17-41(49(35-47)59(60)61)33-39(25-26-54(4)5)36-67-48-13-8-7-9-14-48/h2*7-24,34-35,37,39H,25-33,36H2,1-6H3/t39-,66+;39-,66-/m00/s1. The highest BCUT2D eigenvalue weighted by atomic mass is 35.5. The number of piperazine rings is 2. The van der Waals surface area contributed by atoms with E-state index < -0.39 is 34.7 Å². The Bertz CT molecular complexity index is 6210. The number of aromatic nitrogens is 2. The predicted octanol–water partition coefficient (Wildman–Crippen LogP) is 22.5. The van der Waals surface area contributed by atoms with E-state index >= 15 is 0 Å². The maximum absolute atomic E-state index is 14.8. The molecule has 0 N–H and O–H groups in total. The monoisotopic (exact) mass is 1990 g/mol. The van der Waals surface area contributed by atoms with E-state index in [1.54, 1.807) is 57.1 Å². The van der Waals surface area contributed by atoms with Crippen LogP contribution in [0.1, 0.15) is 75.1 Å². The van der Waals surface area contributed by atoms with Crippen molar-refractivity contribution in [3.8, 4) is 44.8 Å². The van der Waals surface area contributed by atoms with Crippen molar-refractivity contribution in [2.45, 2.75) is 98.9 Å². The van der Waals surface area contributed by atoms with Crippen molar-refractivity contribution < 1.29 is 44.9 Å². The van der Waals surface area contributed by atoms with E-state index in [2.05, 4.69) is 115 Å². The molecule has 10 aromatic carbocycles. The van der Waals surface area contributed by atoms with E-state index in [0.29, 0.717) is 90.0 Å². The zero-order valence-corrected chi connectivity index (χ0v) is 85.7. The summed E-state index contributed by atoms with van der Waals surface area (Å²) in [7, 11) is -6.39. The fourth-order valence-corrected chi connectivity index (χ4v) is 28.5. The highest BCUT2D eigenvalue weighted by Crippen LogP contribution is 2.58. The smallest absolute Gasteiger partial charge is 0.326 e. The molecule has 0 bridgehead atoms. The molecule has 0 unspecified atom stereocenters. The molecule has 6 heterocycles. The highest BCUT2D eigenvalue weighted by Gasteiger charge is 2.44. The van der Waals surface area contributed by atoms with Gasteiger partial charge in [0.05, 0.1) is 67.9 Å². The summed E-state index contributed by atoms with van der Waals surface area (Å²) < 4.78 is 104. The van der Waals surface area contributed by atoms with E-state index in [1.807, 2.05) is 200 Å². The summed E-state index contributed by atoms with van der Waals surface area (Å²) in [4.78, 5) is 41.1. The lowest BCUT2D eigenvalue weighted by Gasteiger charge is -2.37. The SMILES string of the molecule is Cc1c(S(C)(=O)=O)c(-c2cccc(N3CCN(c4ccc(N5CCO[P@@]5(=O)c5ccc(C[C@H](CCN(C)C)CSc6ccccc6)c([N+](=O)[O-])c5)cc4)CC3)c2)c(-c2ccc(Cl)cc2)n1C(C)C.Cc1c(S(C)(=O)=O)c(-c2cccc(N3CCN(c4ccc(N5CCO[P@]5(=O)c5ccc(C[C@H](CCN(C)C)CSc6ccccc6)c([N+](=O)[O-])c5)cc4)CC3)c2)c(-c2ccc(Cl)cc2)n1C(C)C. The molecule has 0 amide bonds. The van der Waals surface area contributed by atoms with Gasteiger partial charge in [0.1, 0.15) is 0 Å². The molecule has 12 aromatic rings. The van der Waals surface area contributed by atoms with Crippen molar-refractivity contribution >= 4 is 138 Å². The van der Waals surface area contributed by atoms with Crippen molar-refractivity contribution in [3.05, 3.63) is 295 Å². The first-order valence-corrected chi connectivity index (χ1v) is 55.8. The average molecular weight is 1990 g/mol. The van der Waals surface area contributed by atoms with Gasteiger partial charge in [-0.2, -0.15) is 0 Å². The van der Waals surface area contributed by atoms with E-state index in [1.165, 1.54) is 34.4 Å². The van der Waals surface area contributed by atoms with Crippen molar-refractivity contribution in [1.29, 1.82) is 0 Å². The van der Waals surface area contributed by atoms with Crippen molar-refractivity contribution in [3.63, 3.8) is 0 Å². The summed E-state index contributed by atoms with van der Waals surface area (Å²) in [5, 5.41) is 27.1. The Morgan fingerprint density at radius 2 is 0.743 bits per heavy atom. The van der Waals surface area contributed by atoms with Crippen LogP contribution in [0.15, 0.2) is 262 Å². The average Bonchev–Trinajstić information content (AvgIpc) is 1.58. The Balaban J connectivity index is 0.000000207. The van der Waals surface area contributed by atoms with Gasteiger partial charge in [0.2, 0.25) is 0 Å². The number of nitrogens with zero attached hydrogens (tertiary/aromatic N) is 12. The molecule has 0 spiro atoms. The second-order valence-electron chi connectivity index (χ2n) is 36.5. The lowest BCUT2D eigenvalue weighted by molar-refractivity contribution is -0.385. The van der Waals surface area contributed by atoms with Gasteiger partial charge in [-0.25, -0.2) is 16.8 Å². The zero-order chi connectivity index (χ0) is 96.7. The number of sulfone groups is 2. The van der Waals surface area contributed by atoms with Crippen LogP contribution in [0.3, 0.4) is 0 Å². The van der Waals surface area contributed by atoms with Gasteiger partial charge < -0.3 is 47.6 Å². The van der Waals surface area contributed by atoms with Gasteiger partial charge in [0.15, 0.2) is 19.7 Å². The molecule has 0 saturated carbocycles. The molecule has 32 heteroatoms. The van der Waals surface area contributed by atoms with Gasteiger partial charge >= 0.3 is 15.0 Å². The number of nitro benzene ring substituents is 2. The molecule has 2 aromatic heterocycles. The Kier molecular flexibility index (Phi) is 32.1. The van der Waals surface area contributed by atoms with Crippen LogP contribution in [0.25, 0.3) is 44.8 Å². The first-order valence-electron chi connectivity index (χ1n) is 46.1. The first kappa shape index (κ1) is 100. The van der Waals surface area contributed by atoms with E-state index in [-0.39, 0.29) is 58.4 Å². The molecule has 24 nitrogen and oxygen atoms in total. The van der Waals surface area contributed by atoms with Crippen LogP contribution in [0.4, 0.5) is 45.5 Å². The molecule has 136 heavy (non-hydrogen) atoms. The lowest BCUT2D eigenvalue weighted by atomic mass is 9.96. The van der Waals surface area contributed by atoms with Gasteiger partial charge in [-0.15, -0.1) is 23.5 Å². The van der Waals surface area contributed by atoms with Gasteiger partial charge in [-0.3, -0.25) is 38.7 Å². The number of benzene rings is 10. The number of halogens is 2. The molecular formula is C104H120Cl2N12O12P2S4. The summed E-state index contributed by atoms with van der Waals surface area (Å²) in [6, 6.07) is 77.9.